The molecule has 0 rings (SSSR count). The first-order valence-electron chi connectivity index (χ1n) is 6.74. The average Bonchev–Trinajstić information content (AvgIpc) is 2.30. The summed E-state index contributed by atoms with van der Waals surface area (Å²) in [5.41, 5.74) is 0. The fraction of sp³-hybridized carbons (Fsp3) is 0.857. The number of aliphatic hydroxyl groups excluding tert-OH is 1. The second-order valence-electron chi connectivity index (χ2n) is 4.51. The quantitative estimate of drug-likeness (QED) is 0.405. The van der Waals surface area contributed by atoms with E-state index in [2.05, 4.69) is 29.5 Å². The second-order valence-corrected chi connectivity index (χ2v) is 5.23. The molecule has 0 spiro atoms. The molecule has 1 N–H and O–H groups in total. The van der Waals surface area contributed by atoms with Crippen LogP contribution in [0.15, 0.2) is 10.2 Å². The summed E-state index contributed by atoms with van der Waals surface area (Å²) >= 11 is 2.20. The zero-order chi connectivity index (χ0) is 12.1. The fourth-order valence-electron chi connectivity index (χ4n) is 1.84. The molecule has 1 unspecified atom stereocenters. The number of aliphatic hydroxyl groups is 1. The lowest BCUT2D eigenvalue weighted by molar-refractivity contribution is 0.164. The van der Waals surface area contributed by atoms with Crippen LogP contribution in [0.5, 0.6) is 0 Å². The summed E-state index contributed by atoms with van der Waals surface area (Å²) in [6.45, 7) is 2.26. The Morgan fingerprint density at radius 1 is 1.00 bits per heavy atom. The SMILES string of the molecule is CCCCCCCCCCC(O)C/C=C\I. The van der Waals surface area contributed by atoms with Crippen LogP contribution < -0.4 is 0 Å². The highest BCUT2D eigenvalue weighted by molar-refractivity contribution is 14.1. The number of rotatable bonds is 11. The van der Waals surface area contributed by atoms with E-state index in [0.717, 1.165) is 12.8 Å². The monoisotopic (exact) mass is 338 g/mol. The Bertz CT molecular complexity index is 157. The van der Waals surface area contributed by atoms with Crippen LogP contribution in [-0.4, -0.2) is 11.2 Å². The molecule has 0 aliphatic heterocycles. The third-order valence-electron chi connectivity index (χ3n) is 2.89. The Hall–Kier alpha value is 0.430. The normalized spacial score (nSPS) is 13.4. The van der Waals surface area contributed by atoms with E-state index in [9.17, 15) is 5.11 Å². The van der Waals surface area contributed by atoms with E-state index >= 15 is 0 Å². The van der Waals surface area contributed by atoms with Crippen LogP contribution in [-0.2, 0) is 0 Å². The molecule has 0 amide bonds. The first-order valence-corrected chi connectivity index (χ1v) is 7.99. The Morgan fingerprint density at radius 3 is 2.12 bits per heavy atom. The molecule has 1 atom stereocenters. The molecular weight excluding hydrogens is 311 g/mol. The van der Waals surface area contributed by atoms with Crippen LogP contribution in [0, 0.1) is 0 Å². The molecule has 96 valence electrons. The van der Waals surface area contributed by atoms with Gasteiger partial charge in [-0.05, 0) is 16.9 Å². The first kappa shape index (κ1) is 16.4. The summed E-state index contributed by atoms with van der Waals surface area (Å²) in [6, 6.07) is 0. The van der Waals surface area contributed by atoms with E-state index in [-0.39, 0.29) is 6.10 Å². The Morgan fingerprint density at radius 2 is 1.56 bits per heavy atom. The van der Waals surface area contributed by atoms with Crippen LogP contribution >= 0.6 is 22.6 Å². The van der Waals surface area contributed by atoms with Crippen molar-refractivity contribution in [3.8, 4) is 0 Å². The number of hydrogen-bond donors (Lipinski definition) is 1. The van der Waals surface area contributed by atoms with Crippen LogP contribution in [0.1, 0.15) is 71.1 Å². The molecule has 0 saturated carbocycles. The molecule has 2 heteroatoms. The largest absolute Gasteiger partial charge is 0.393 e. The Labute approximate surface area is 115 Å². The van der Waals surface area contributed by atoms with Crippen molar-refractivity contribution < 1.29 is 5.11 Å². The molecule has 0 bridgehead atoms. The molecular formula is C14H27IO. The predicted octanol–water partition coefficient (Wildman–Crippen LogP) is 5.22. The average molecular weight is 338 g/mol. The number of hydrogen-bond acceptors (Lipinski definition) is 1. The van der Waals surface area contributed by atoms with Gasteiger partial charge < -0.3 is 5.11 Å². The highest BCUT2D eigenvalue weighted by Crippen LogP contribution is 2.12. The van der Waals surface area contributed by atoms with E-state index in [0.29, 0.717) is 0 Å². The molecule has 0 aliphatic rings. The van der Waals surface area contributed by atoms with Gasteiger partial charge in [0.15, 0.2) is 0 Å². The van der Waals surface area contributed by atoms with Gasteiger partial charge in [-0.25, -0.2) is 0 Å². The van der Waals surface area contributed by atoms with Gasteiger partial charge in [0.25, 0.3) is 0 Å². The maximum Gasteiger partial charge on any atom is 0.0574 e. The fourth-order valence-corrected chi connectivity index (χ4v) is 2.13. The predicted molar refractivity (Wildman–Crippen MR) is 81.0 cm³/mol. The molecule has 0 aromatic rings. The minimum Gasteiger partial charge on any atom is -0.393 e. The van der Waals surface area contributed by atoms with Gasteiger partial charge in [0.2, 0.25) is 0 Å². The lowest BCUT2D eigenvalue weighted by Crippen LogP contribution is -2.04. The van der Waals surface area contributed by atoms with Crippen molar-refractivity contribution in [1.29, 1.82) is 0 Å². The third-order valence-corrected chi connectivity index (χ3v) is 3.40. The van der Waals surface area contributed by atoms with Crippen molar-refractivity contribution in [3.05, 3.63) is 10.2 Å². The highest BCUT2D eigenvalue weighted by atomic mass is 127. The molecule has 0 aromatic heterocycles. The third kappa shape index (κ3) is 12.5. The summed E-state index contributed by atoms with van der Waals surface area (Å²) in [5, 5.41) is 9.60. The lowest BCUT2D eigenvalue weighted by atomic mass is 10.0. The Kier molecular flexibility index (Phi) is 13.9. The van der Waals surface area contributed by atoms with Crippen molar-refractivity contribution >= 4 is 22.6 Å². The van der Waals surface area contributed by atoms with Gasteiger partial charge in [-0.2, -0.15) is 0 Å². The molecule has 0 aliphatic carbocycles. The van der Waals surface area contributed by atoms with Gasteiger partial charge in [0, 0.05) is 0 Å². The van der Waals surface area contributed by atoms with Gasteiger partial charge in [0.05, 0.1) is 6.10 Å². The first-order chi connectivity index (χ1) is 7.81. The van der Waals surface area contributed by atoms with Gasteiger partial charge in [-0.1, -0.05) is 87.0 Å². The zero-order valence-electron chi connectivity index (χ0n) is 10.6. The van der Waals surface area contributed by atoms with E-state index in [1.807, 2.05) is 10.2 Å². The van der Waals surface area contributed by atoms with E-state index in [1.54, 1.807) is 0 Å². The minimum absolute atomic E-state index is 0.119. The number of unbranched alkanes of at least 4 members (excludes halogenated alkanes) is 7. The minimum atomic E-state index is -0.119. The molecule has 0 fully saturated rings. The molecule has 0 saturated heterocycles. The van der Waals surface area contributed by atoms with E-state index < -0.39 is 0 Å². The topological polar surface area (TPSA) is 20.2 Å². The second kappa shape index (κ2) is 13.5. The van der Waals surface area contributed by atoms with Gasteiger partial charge >= 0.3 is 0 Å². The van der Waals surface area contributed by atoms with E-state index in [1.165, 1.54) is 51.4 Å². The van der Waals surface area contributed by atoms with Gasteiger partial charge in [0.1, 0.15) is 0 Å². The molecule has 0 aromatic carbocycles. The van der Waals surface area contributed by atoms with Crippen molar-refractivity contribution in [2.45, 2.75) is 77.2 Å². The molecule has 1 nitrogen and oxygen atoms in total. The molecule has 0 radical (unpaired) electrons. The maximum absolute atomic E-state index is 9.60. The zero-order valence-corrected chi connectivity index (χ0v) is 12.8. The van der Waals surface area contributed by atoms with Crippen LogP contribution in [0.25, 0.3) is 0 Å². The highest BCUT2D eigenvalue weighted by Gasteiger charge is 2.00. The summed E-state index contributed by atoms with van der Waals surface area (Å²) in [6.07, 6.45) is 14.4. The summed E-state index contributed by atoms with van der Waals surface area (Å²) in [5.74, 6) is 0. The van der Waals surface area contributed by atoms with Crippen molar-refractivity contribution in [2.75, 3.05) is 0 Å². The smallest absolute Gasteiger partial charge is 0.0574 e. The Balaban J connectivity index is 3.08. The van der Waals surface area contributed by atoms with Crippen molar-refractivity contribution in [1.82, 2.24) is 0 Å². The molecule has 0 heterocycles. The summed E-state index contributed by atoms with van der Waals surface area (Å²) in [7, 11) is 0. The summed E-state index contributed by atoms with van der Waals surface area (Å²) < 4.78 is 1.98. The van der Waals surface area contributed by atoms with Crippen LogP contribution in [0.4, 0.5) is 0 Å². The standard InChI is InChI=1S/C14H27IO/c1-2-3-4-5-6-7-8-9-11-14(16)12-10-13-15/h10,13-14,16H,2-9,11-12H2,1H3/b13-10-. The van der Waals surface area contributed by atoms with Gasteiger partial charge in [-0.15, -0.1) is 0 Å². The lowest BCUT2D eigenvalue weighted by Gasteiger charge is -2.07. The molecule has 16 heavy (non-hydrogen) atoms. The van der Waals surface area contributed by atoms with E-state index in [4.69, 9.17) is 0 Å². The van der Waals surface area contributed by atoms with Crippen LogP contribution in [0.3, 0.4) is 0 Å². The van der Waals surface area contributed by atoms with Crippen molar-refractivity contribution in [3.63, 3.8) is 0 Å². The van der Waals surface area contributed by atoms with Gasteiger partial charge in [-0.3, -0.25) is 0 Å². The van der Waals surface area contributed by atoms with Crippen molar-refractivity contribution in [2.24, 2.45) is 0 Å². The number of halogens is 1. The van der Waals surface area contributed by atoms with Crippen LogP contribution in [0.2, 0.25) is 0 Å². The summed E-state index contributed by atoms with van der Waals surface area (Å²) in [4.78, 5) is 0. The maximum atomic E-state index is 9.60.